The van der Waals surface area contributed by atoms with Gasteiger partial charge in [-0.3, -0.25) is 9.59 Å². The number of hydrogen-bond acceptors (Lipinski definition) is 2. The van der Waals surface area contributed by atoms with Crippen molar-refractivity contribution in [2.75, 3.05) is 13.1 Å². The molecule has 2 N–H and O–H groups in total. The normalized spacial score (nSPS) is 11.2. The fraction of sp³-hybridized carbons (Fsp3) is 0.143. The summed E-state index contributed by atoms with van der Waals surface area (Å²) in [6, 6.07) is 8.51. The van der Waals surface area contributed by atoms with Gasteiger partial charge in [-0.25, -0.2) is 8.78 Å². The van der Waals surface area contributed by atoms with Crippen molar-refractivity contribution in [3.63, 3.8) is 0 Å². The molecule has 0 aromatic heterocycles. The molecule has 0 radical (unpaired) electrons. The van der Waals surface area contributed by atoms with Crippen LogP contribution in [0, 0.1) is 11.6 Å². The van der Waals surface area contributed by atoms with Crippen molar-refractivity contribution < 1.29 is 18.4 Å². The van der Waals surface area contributed by atoms with E-state index in [2.05, 4.69) is 10.6 Å². The van der Waals surface area contributed by atoms with Crippen LogP contribution in [0.1, 0.15) is 17.5 Å². The molecular formula is C21H18Cl2F2N2O2. The summed E-state index contributed by atoms with van der Waals surface area (Å²) < 4.78 is 27.2. The van der Waals surface area contributed by atoms with Gasteiger partial charge in [0.15, 0.2) is 0 Å². The van der Waals surface area contributed by atoms with Gasteiger partial charge in [-0.2, -0.15) is 0 Å². The second-order valence-electron chi connectivity index (χ2n) is 5.87. The van der Waals surface area contributed by atoms with Gasteiger partial charge in [-0.05, 0) is 42.8 Å². The molecule has 4 nitrogen and oxygen atoms in total. The Morgan fingerprint density at radius 2 is 1.21 bits per heavy atom. The van der Waals surface area contributed by atoms with E-state index in [1.807, 2.05) is 0 Å². The maximum atomic E-state index is 13.6. The highest BCUT2D eigenvalue weighted by Crippen LogP contribution is 2.21. The lowest BCUT2D eigenvalue weighted by molar-refractivity contribution is -0.116. The zero-order valence-electron chi connectivity index (χ0n) is 15.2. The number of amides is 2. The SMILES string of the molecule is O=C(C=Cc1c(F)cccc1Cl)NCCCNC(=O)C=Cc1c(F)cccc1Cl. The summed E-state index contributed by atoms with van der Waals surface area (Å²) in [6.45, 7) is 0.606. The van der Waals surface area contributed by atoms with Gasteiger partial charge in [-0.1, -0.05) is 35.3 Å². The third-order valence-corrected chi connectivity index (χ3v) is 4.41. The highest BCUT2D eigenvalue weighted by molar-refractivity contribution is 6.32. The van der Waals surface area contributed by atoms with Crippen LogP contribution >= 0.6 is 23.2 Å². The second-order valence-corrected chi connectivity index (χ2v) is 6.69. The fourth-order valence-electron chi connectivity index (χ4n) is 2.29. The first-order chi connectivity index (χ1) is 13.9. The molecule has 0 heterocycles. The number of nitrogens with one attached hydrogen (secondary N) is 2. The topological polar surface area (TPSA) is 58.2 Å². The van der Waals surface area contributed by atoms with Gasteiger partial charge in [0.1, 0.15) is 11.6 Å². The molecule has 0 aliphatic carbocycles. The van der Waals surface area contributed by atoms with E-state index in [4.69, 9.17) is 23.2 Å². The Morgan fingerprint density at radius 1 is 0.793 bits per heavy atom. The van der Waals surface area contributed by atoms with E-state index in [1.54, 1.807) is 0 Å². The number of rotatable bonds is 8. The number of hydrogen-bond donors (Lipinski definition) is 2. The van der Waals surface area contributed by atoms with E-state index < -0.39 is 23.4 Å². The molecule has 0 aliphatic rings. The monoisotopic (exact) mass is 438 g/mol. The first-order valence-electron chi connectivity index (χ1n) is 8.68. The predicted molar refractivity (Wildman–Crippen MR) is 112 cm³/mol. The standard InChI is InChI=1S/C21H18Cl2F2N2O2/c22-16-4-1-6-18(24)14(16)8-10-20(28)26-12-3-13-27-21(29)11-9-15-17(23)5-2-7-19(15)25/h1-2,4-11H,3,12-13H2,(H,26,28)(H,27,29). The molecule has 2 amide bonds. The molecule has 0 spiro atoms. The minimum Gasteiger partial charge on any atom is -0.352 e. The Balaban J connectivity index is 1.70. The van der Waals surface area contributed by atoms with E-state index >= 15 is 0 Å². The quantitative estimate of drug-likeness (QED) is 0.466. The van der Waals surface area contributed by atoms with Crippen LogP contribution in [-0.4, -0.2) is 24.9 Å². The van der Waals surface area contributed by atoms with Crippen molar-refractivity contribution in [3.05, 3.63) is 81.4 Å². The predicted octanol–water partition coefficient (Wildman–Crippen LogP) is 4.62. The Hall–Kier alpha value is -2.70. The van der Waals surface area contributed by atoms with Crippen LogP contribution in [0.4, 0.5) is 8.78 Å². The lowest BCUT2D eigenvalue weighted by atomic mass is 10.2. The maximum Gasteiger partial charge on any atom is 0.244 e. The van der Waals surface area contributed by atoms with Crippen LogP contribution < -0.4 is 10.6 Å². The summed E-state index contributed by atoms with van der Waals surface area (Å²) in [4.78, 5) is 23.5. The van der Waals surface area contributed by atoms with E-state index in [9.17, 15) is 18.4 Å². The van der Waals surface area contributed by atoms with E-state index in [1.165, 1.54) is 60.7 Å². The second kappa shape index (κ2) is 11.3. The number of halogens is 4. The molecule has 0 saturated heterocycles. The van der Waals surface area contributed by atoms with Crippen LogP contribution in [0.15, 0.2) is 48.6 Å². The minimum atomic E-state index is -0.519. The molecular weight excluding hydrogens is 421 g/mol. The fourth-order valence-corrected chi connectivity index (χ4v) is 2.74. The van der Waals surface area contributed by atoms with Crippen molar-refractivity contribution in [1.29, 1.82) is 0 Å². The van der Waals surface area contributed by atoms with Gasteiger partial charge in [0.2, 0.25) is 11.8 Å². The summed E-state index contributed by atoms with van der Waals surface area (Å²) in [5.74, 6) is -1.86. The molecule has 152 valence electrons. The summed E-state index contributed by atoms with van der Waals surface area (Å²) >= 11 is 11.7. The Morgan fingerprint density at radius 3 is 1.59 bits per heavy atom. The molecule has 2 rings (SSSR count). The molecule has 0 unspecified atom stereocenters. The lowest BCUT2D eigenvalue weighted by Crippen LogP contribution is -2.28. The van der Waals surface area contributed by atoms with Crippen LogP contribution in [0.3, 0.4) is 0 Å². The molecule has 0 aliphatic heterocycles. The molecule has 2 aromatic rings. The van der Waals surface area contributed by atoms with E-state index in [0.717, 1.165) is 0 Å². The van der Waals surface area contributed by atoms with Gasteiger partial charge in [0.25, 0.3) is 0 Å². The summed E-state index contributed by atoms with van der Waals surface area (Å²) in [7, 11) is 0. The first kappa shape index (κ1) is 22.6. The van der Waals surface area contributed by atoms with Gasteiger partial charge < -0.3 is 10.6 Å². The molecule has 8 heteroatoms. The zero-order chi connectivity index (χ0) is 21.2. The Kier molecular flexibility index (Phi) is 8.83. The van der Waals surface area contributed by atoms with Gasteiger partial charge in [0, 0.05) is 36.4 Å². The van der Waals surface area contributed by atoms with Crippen molar-refractivity contribution in [3.8, 4) is 0 Å². The summed E-state index contributed by atoms with van der Waals surface area (Å²) in [5, 5.41) is 5.64. The van der Waals surface area contributed by atoms with Crippen molar-refractivity contribution in [2.45, 2.75) is 6.42 Å². The maximum absolute atomic E-state index is 13.6. The van der Waals surface area contributed by atoms with Gasteiger partial charge >= 0.3 is 0 Å². The molecule has 0 atom stereocenters. The molecule has 0 bridgehead atoms. The van der Waals surface area contributed by atoms with Crippen molar-refractivity contribution in [2.24, 2.45) is 0 Å². The molecule has 0 fully saturated rings. The molecule has 0 saturated carbocycles. The number of benzene rings is 2. The van der Waals surface area contributed by atoms with Gasteiger partial charge in [0.05, 0.1) is 10.0 Å². The Bertz CT molecular complexity index is 830. The number of carbonyl (C=O) groups excluding carboxylic acids is 2. The van der Waals surface area contributed by atoms with Crippen LogP contribution in [0.25, 0.3) is 12.2 Å². The molecule has 29 heavy (non-hydrogen) atoms. The van der Waals surface area contributed by atoms with E-state index in [-0.39, 0.29) is 21.2 Å². The lowest BCUT2D eigenvalue weighted by Gasteiger charge is -2.04. The van der Waals surface area contributed by atoms with Crippen LogP contribution in [0.2, 0.25) is 10.0 Å². The summed E-state index contributed by atoms with van der Waals surface area (Å²) in [6.07, 6.45) is 5.44. The highest BCUT2D eigenvalue weighted by Gasteiger charge is 2.05. The van der Waals surface area contributed by atoms with Crippen molar-refractivity contribution >= 4 is 47.2 Å². The third-order valence-electron chi connectivity index (χ3n) is 3.75. The zero-order valence-corrected chi connectivity index (χ0v) is 16.7. The minimum absolute atomic E-state index is 0.137. The van der Waals surface area contributed by atoms with Crippen LogP contribution in [0.5, 0.6) is 0 Å². The number of carbonyl (C=O) groups is 2. The average molecular weight is 439 g/mol. The highest BCUT2D eigenvalue weighted by atomic mass is 35.5. The van der Waals surface area contributed by atoms with Gasteiger partial charge in [-0.15, -0.1) is 0 Å². The summed E-state index contributed by atoms with van der Waals surface area (Å²) in [5.41, 5.74) is 0.275. The Labute approximate surface area is 177 Å². The smallest absolute Gasteiger partial charge is 0.244 e. The van der Waals surface area contributed by atoms with Crippen LogP contribution in [-0.2, 0) is 9.59 Å². The first-order valence-corrected chi connectivity index (χ1v) is 9.44. The van der Waals surface area contributed by atoms with E-state index in [0.29, 0.717) is 19.5 Å². The molecule has 2 aromatic carbocycles. The third kappa shape index (κ3) is 7.33. The average Bonchev–Trinajstić information content (AvgIpc) is 2.67. The van der Waals surface area contributed by atoms with Crippen molar-refractivity contribution in [1.82, 2.24) is 10.6 Å². The largest absolute Gasteiger partial charge is 0.352 e.